The second-order valence-corrected chi connectivity index (χ2v) is 1.27. The van der Waals surface area contributed by atoms with Gasteiger partial charge in [-0.3, -0.25) is 9.97 Å². The Labute approximate surface area is 47.0 Å². The van der Waals surface area contributed by atoms with E-state index in [0.29, 0.717) is 5.69 Å². The lowest BCUT2D eigenvalue weighted by Crippen LogP contribution is -1.87. The van der Waals surface area contributed by atoms with E-state index in [1.54, 1.807) is 0 Å². The van der Waals surface area contributed by atoms with Crippen LogP contribution < -0.4 is 0 Å². The van der Waals surface area contributed by atoms with E-state index in [2.05, 4.69) is 16.2 Å². The number of nitrogens with zero attached hydrogens (tertiary/aromatic N) is 2. The maximum Gasteiger partial charge on any atom is 0.114 e. The van der Waals surface area contributed by atoms with Gasteiger partial charge in [0, 0.05) is 12.4 Å². The van der Waals surface area contributed by atoms with Crippen molar-refractivity contribution >= 4 is 0 Å². The van der Waals surface area contributed by atoms with Crippen molar-refractivity contribution in [1.82, 2.24) is 9.97 Å². The minimum Gasteiger partial charge on any atom is -0.390 e. The van der Waals surface area contributed by atoms with Crippen molar-refractivity contribution in [3.63, 3.8) is 0 Å². The highest BCUT2D eigenvalue weighted by Crippen LogP contribution is 1.84. The fraction of sp³-hybridized carbons (Fsp3) is 0.200. The SMILES string of the molecule is OCc1[c]nccn1. The van der Waals surface area contributed by atoms with Crippen LogP contribution in [0.5, 0.6) is 0 Å². The Balaban J connectivity index is 2.83. The summed E-state index contributed by atoms with van der Waals surface area (Å²) in [5.74, 6) is 0. The number of aliphatic hydroxyl groups is 1. The standard InChI is InChI=1S/C5H5N2O/c8-4-5-3-6-1-2-7-5/h1-2,8H,4H2. The van der Waals surface area contributed by atoms with Crippen molar-refractivity contribution in [3.05, 3.63) is 24.3 Å². The predicted octanol–water partition coefficient (Wildman–Crippen LogP) is -0.231. The van der Waals surface area contributed by atoms with E-state index in [-0.39, 0.29) is 6.61 Å². The molecule has 8 heavy (non-hydrogen) atoms. The number of hydrogen-bond acceptors (Lipinski definition) is 3. The molecule has 0 saturated heterocycles. The first-order chi connectivity index (χ1) is 3.93. The predicted molar refractivity (Wildman–Crippen MR) is 26.8 cm³/mol. The Kier molecular flexibility index (Phi) is 1.54. The number of rotatable bonds is 1. The van der Waals surface area contributed by atoms with Gasteiger partial charge in [-0.05, 0) is 0 Å². The molecular weight excluding hydrogens is 104 g/mol. The summed E-state index contributed by atoms with van der Waals surface area (Å²) in [5.41, 5.74) is 0.479. The first-order valence-electron chi connectivity index (χ1n) is 2.22. The van der Waals surface area contributed by atoms with Crippen LogP contribution in [0.1, 0.15) is 5.69 Å². The highest BCUT2D eigenvalue weighted by molar-refractivity contribution is 4.88. The molecule has 0 bridgehead atoms. The highest BCUT2D eigenvalue weighted by atomic mass is 16.3. The van der Waals surface area contributed by atoms with Crippen LogP contribution in [-0.4, -0.2) is 15.1 Å². The zero-order valence-corrected chi connectivity index (χ0v) is 4.20. The van der Waals surface area contributed by atoms with E-state index in [0.717, 1.165) is 0 Å². The van der Waals surface area contributed by atoms with Gasteiger partial charge in [0.05, 0.1) is 12.3 Å². The van der Waals surface area contributed by atoms with Crippen LogP contribution in [0.4, 0.5) is 0 Å². The Bertz CT molecular complexity index is 152. The van der Waals surface area contributed by atoms with Crippen LogP contribution in [0.3, 0.4) is 0 Å². The molecule has 0 aromatic carbocycles. The highest BCUT2D eigenvalue weighted by Gasteiger charge is 1.85. The first-order valence-corrected chi connectivity index (χ1v) is 2.22. The summed E-state index contributed by atoms with van der Waals surface area (Å²) in [6.45, 7) is -0.0894. The number of aliphatic hydroxyl groups excluding tert-OH is 1. The molecule has 0 saturated carbocycles. The lowest BCUT2D eigenvalue weighted by Gasteiger charge is -1.86. The molecule has 0 aliphatic rings. The lowest BCUT2D eigenvalue weighted by atomic mass is 10.5. The van der Waals surface area contributed by atoms with Crippen molar-refractivity contribution in [2.45, 2.75) is 6.61 Å². The molecule has 0 atom stereocenters. The summed E-state index contributed by atoms with van der Waals surface area (Å²) >= 11 is 0. The average molecular weight is 109 g/mol. The van der Waals surface area contributed by atoms with E-state index in [1.807, 2.05) is 0 Å². The van der Waals surface area contributed by atoms with Crippen molar-refractivity contribution in [2.24, 2.45) is 0 Å². The Morgan fingerprint density at radius 1 is 1.62 bits per heavy atom. The largest absolute Gasteiger partial charge is 0.390 e. The zero-order chi connectivity index (χ0) is 5.82. The van der Waals surface area contributed by atoms with Gasteiger partial charge in [0.2, 0.25) is 0 Å². The van der Waals surface area contributed by atoms with Gasteiger partial charge in [0.1, 0.15) is 6.20 Å². The summed E-state index contributed by atoms with van der Waals surface area (Å²) in [7, 11) is 0. The molecule has 41 valence electrons. The summed E-state index contributed by atoms with van der Waals surface area (Å²) in [6.07, 6.45) is 5.54. The van der Waals surface area contributed by atoms with Gasteiger partial charge >= 0.3 is 0 Å². The molecule has 1 N–H and O–H groups in total. The van der Waals surface area contributed by atoms with E-state index in [9.17, 15) is 0 Å². The van der Waals surface area contributed by atoms with Gasteiger partial charge in [-0.2, -0.15) is 0 Å². The average Bonchev–Trinajstić information content (AvgIpc) is 1.90. The van der Waals surface area contributed by atoms with Gasteiger partial charge in [-0.25, -0.2) is 0 Å². The summed E-state index contributed by atoms with van der Waals surface area (Å²) < 4.78 is 0. The molecule has 0 fully saturated rings. The van der Waals surface area contributed by atoms with Crippen LogP contribution in [0.2, 0.25) is 0 Å². The van der Waals surface area contributed by atoms with E-state index < -0.39 is 0 Å². The molecular formula is C5H5N2O. The maximum absolute atomic E-state index is 8.40. The molecule has 1 radical (unpaired) electrons. The molecule has 3 heteroatoms. The first kappa shape index (κ1) is 5.18. The Hall–Kier alpha value is -0.960. The monoisotopic (exact) mass is 109 g/mol. The van der Waals surface area contributed by atoms with Crippen LogP contribution >= 0.6 is 0 Å². The third-order valence-electron chi connectivity index (χ3n) is 0.715. The summed E-state index contributed by atoms with van der Waals surface area (Å²) in [4.78, 5) is 7.34. The van der Waals surface area contributed by atoms with Gasteiger partial charge in [-0.1, -0.05) is 0 Å². The van der Waals surface area contributed by atoms with Crippen molar-refractivity contribution < 1.29 is 5.11 Å². The van der Waals surface area contributed by atoms with E-state index >= 15 is 0 Å². The van der Waals surface area contributed by atoms with E-state index in [4.69, 9.17) is 5.11 Å². The van der Waals surface area contributed by atoms with Crippen LogP contribution in [0.15, 0.2) is 12.4 Å². The third kappa shape index (κ3) is 1.01. The normalized spacial score (nSPS) is 9.12. The molecule has 0 aliphatic heterocycles. The molecule has 3 nitrogen and oxygen atoms in total. The molecule has 0 unspecified atom stereocenters. The van der Waals surface area contributed by atoms with Crippen LogP contribution in [-0.2, 0) is 6.61 Å². The minimum atomic E-state index is -0.0894. The third-order valence-corrected chi connectivity index (χ3v) is 0.715. The molecule has 0 spiro atoms. The Morgan fingerprint density at radius 3 is 2.88 bits per heavy atom. The summed E-state index contributed by atoms with van der Waals surface area (Å²) in [5, 5.41) is 8.40. The molecule has 1 heterocycles. The fourth-order valence-electron chi connectivity index (χ4n) is 0.373. The topological polar surface area (TPSA) is 46.0 Å². The fourth-order valence-corrected chi connectivity index (χ4v) is 0.373. The molecule has 1 aromatic rings. The second kappa shape index (κ2) is 2.37. The van der Waals surface area contributed by atoms with Gasteiger partial charge < -0.3 is 5.11 Å². The van der Waals surface area contributed by atoms with Crippen LogP contribution in [0.25, 0.3) is 0 Å². The summed E-state index contributed by atoms with van der Waals surface area (Å²) in [6, 6.07) is 0. The second-order valence-electron chi connectivity index (χ2n) is 1.27. The van der Waals surface area contributed by atoms with Gasteiger partial charge in [0.25, 0.3) is 0 Å². The van der Waals surface area contributed by atoms with Crippen molar-refractivity contribution in [1.29, 1.82) is 0 Å². The Morgan fingerprint density at radius 2 is 2.50 bits per heavy atom. The molecule has 1 aromatic heterocycles. The number of hydrogen-bond donors (Lipinski definition) is 1. The molecule has 0 amide bonds. The lowest BCUT2D eigenvalue weighted by molar-refractivity contribution is 0.276. The molecule has 0 aliphatic carbocycles. The number of aromatic nitrogens is 2. The minimum absolute atomic E-state index is 0.0894. The zero-order valence-electron chi connectivity index (χ0n) is 4.20. The van der Waals surface area contributed by atoms with Gasteiger partial charge in [0.15, 0.2) is 0 Å². The van der Waals surface area contributed by atoms with Crippen molar-refractivity contribution in [2.75, 3.05) is 0 Å². The van der Waals surface area contributed by atoms with E-state index in [1.165, 1.54) is 12.4 Å². The smallest absolute Gasteiger partial charge is 0.114 e. The quantitative estimate of drug-likeness (QED) is 0.541. The molecule has 1 rings (SSSR count). The van der Waals surface area contributed by atoms with Crippen molar-refractivity contribution in [3.8, 4) is 0 Å². The maximum atomic E-state index is 8.40. The van der Waals surface area contributed by atoms with Gasteiger partial charge in [-0.15, -0.1) is 0 Å². The van der Waals surface area contributed by atoms with Crippen LogP contribution in [0, 0.1) is 6.20 Å².